The van der Waals surface area contributed by atoms with Gasteiger partial charge in [0.2, 0.25) is 15.9 Å². The van der Waals surface area contributed by atoms with Crippen molar-refractivity contribution in [3.8, 4) is 0 Å². The Balaban J connectivity index is 2.00. The predicted molar refractivity (Wildman–Crippen MR) is 104 cm³/mol. The minimum Gasteiger partial charge on any atom is -0.352 e. The first-order chi connectivity index (χ1) is 12.7. The van der Waals surface area contributed by atoms with Crippen molar-refractivity contribution in [2.75, 3.05) is 14.1 Å². The maximum atomic E-state index is 12.3. The van der Waals surface area contributed by atoms with Crippen LogP contribution in [0.2, 0.25) is 0 Å². The van der Waals surface area contributed by atoms with Gasteiger partial charge >= 0.3 is 0 Å². The molecular weight excluding hydrogens is 366 g/mol. The Morgan fingerprint density at radius 3 is 2.44 bits per heavy atom. The van der Waals surface area contributed by atoms with E-state index in [1.54, 1.807) is 0 Å². The lowest BCUT2D eigenvalue weighted by Crippen LogP contribution is -2.37. The second kappa shape index (κ2) is 8.96. The fourth-order valence-electron chi connectivity index (χ4n) is 2.57. The smallest absolute Gasteiger partial charge is 0.251 e. The summed E-state index contributed by atoms with van der Waals surface area (Å²) in [5, 5.41) is 2.85. The Labute approximate surface area is 159 Å². The fraction of sp³-hybridized carbons (Fsp3) is 0.368. The number of hydrogen-bond acceptors (Lipinski definition) is 4. The zero-order valence-electron chi connectivity index (χ0n) is 15.8. The molecule has 0 bridgehead atoms. The first-order valence-electron chi connectivity index (χ1n) is 8.66. The molecule has 146 valence electrons. The van der Waals surface area contributed by atoms with Gasteiger partial charge < -0.3 is 9.88 Å². The number of rotatable bonds is 8. The van der Waals surface area contributed by atoms with Gasteiger partial charge in [0, 0.05) is 32.4 Å². The molecule has 1 atom stereocenters. The van der Waals surface area contributed by atoms with Gasteiger partial charge in [-0.15, -0.1) is 0 Å². The van der Waals surface area contributed by atoms with Gasteiger partial charge in [-0.05, 0) is 31.4 Å². The number of aryl methyl sites for hydroxylation is 1. The average molecular weight is 391 g/mol. The molecule has 0 aliphatic rings. The summed E-state index contributed by atoms with van der Waals surface area (Å²) in [4.78, 5) is 24.2. The van der Waals surface area contributed by atoms with Crippen molar-refractivity contribution in [3.63, 3.8) is 0 Å². The quantitative estimate of drug-likeness (QED) is 0.733. The minimum atomic E-state index is -3.67. The number of sulfonamides is 1. The van der Waals surface area contributed by atoms with Gasteiger partial charge in [0.25, 0.3) is 5.56 Å². The van der Waals surface area contributed by atoms with Crippen LogP contribution in [-0.2, 0) is 27.8 Å². The van der Waals surface area contributed by atoms with Crippen molar-refractivity contribution in [3.05, 3.63) is 64.6 Å². The number of benzene rings is 1. The molecule has 2 aromatic rings. The van der Waals surface area contributed by atoms with Crippen LogP contribution in [0, 0.1) is 0 Å². The number of amides is 1. The molecule has 1 aromatic heterocycles. The number of carbonyl (C=O) groups excluding carboxylic acids is 1. The Kier molecular flexibility index (Phi) is 6.92. The van der Waals surface area contributed by atoms with E-state index in [-0.39, 0.29) is 23.4 Å². The van der Waals surface area contributed by atoms with E-state index in [0.717, 1.165) is 27.8 Å². The molecule has 1 N–H and O–H groups in total. The third kappa shape index (κ3) is 5.77. The molecular formula is C19H25N3O4S. The first kappa shape index (κ1) is 20.9. The molecule has 1 heterocycles. The number of hydrogen-bond donors (Lipinski definition) is 1. The second-order valence-corrected chi connectivity index (χ2v) is 8.76. The zero-order chi connectivity index (χ0) is 20.0. The standard InChI is InChI=1S/C19H25N3O4S/c1-15(9-10-16-7-5-4-6-8-16)20-18(23)14-22-13-17(11-12-19(22)24)27(25,26)21(2)3/h4-8,11-13,15H,9-10,14H2,1-3H3,(H,20,23)/t15-/m1/s1. The summed E-state index contributed by atoms with van der Waals surface area (Å²) < 4.78 is 26.5. The van der Waals surface area contributed by atoms with E-state index in [9.17, 15) is 18.0 Å². The lowest BCUT2D eigenvalue weighted by Gasteiger charge is -2.16. The Bertz CT molecular complexity index is 937. The van der Waals surface area contributed by atoms with Crippen LogP contribution in [0.15, 0.2) is 58.4 Å². The lowest BCUT2D eigenvalue weighted by molar-refractivity contribution is -0.122. The summed E-state index contributed by atoms with van der Waals surface area (Å²) in [6.07, 6.45) is 2.80. The van der Waals surface area contributed by atoms with Crippen molar-refractivity contribution in [2.45, 2.75) is 37.2 Å². The summed E-state index contributed by atoms with van der Waals surface area (Å²) in [7, 11) is -0.855. The van der Waals surface area contributed by atoms with E-state index in [2.05, 4.69) is 5.32 Å². The summed E-state index contributed by atoms with van der Waals surface area (Å²) in [5.41, 5.74) is 0.760. The molecule has 0 saturated heterocycles. The minimum absolute atomic E-state index is 0.0305. The Morgan fingerprint density at radius 2 is 1.81 bits per heavy atom. The molecule has 27 heavy (non-hydrogen) atoms. The maximum absolute atomic E-state index is 12.3. The molecule has 0 radical (unpaired) electrons. The molecule has 0 unspecified atom stereocenters. The molecule has 1 amide bonds. The van der Waals surface area contributed by atoms with Crippen molar-refractivity contribution in [1.29, 1.82) is 0 Å². The molecule has 7 nitrogen and oxygen atoms in total. The second-order valence-electron chi connectivity index (χ2n) is 6.61. The van der Waals surface area contributed by atoms with E-state index in [1.807, 2.05) is 37.3 Å². The highest BCUT2D eigenvalue weighted by atomic mass is 32.2. The monoisotopic (exact) mass is 391 g/mol. The van der Waals surface area contributed by atoms with Crippen LogP contribution >= 0.6 is 0 Å². The molecule has 2 rings (SSSR count). The largest absolute Gasteiger partial charge is 0.352 e. The van der Waals surface area contributed by atoms with Gasteiger partial charge in [0.1, 0.15) is 6.54 Å². The molecule has 0 fully saturated rings. The highest BCUT2D eigenvalue weighted by molar-refractivity contribution is 7.89. The first-order valence-corrected chi connectivity index (χ1v) is 10.1. The fourth-order valence-corrected chi connectivity index (χ4v) is 3.49. The number of nitrogens with one attached hydrogen (secondary N) is 1. The van der Waals surface area contributed by atoms with E-state index in [0.29, 0.717) is 0 Å². The average Bonchev–Trinajstić information content (AvgIpc) is 2.62. The normalized spacial score (nSPS) is 12.7. The highest BCUT2D eigenvalue weighted by Crippen LogP contribution is 2.10. The Hall–Kier alpha value is -2.45. The van der Waals surface area contributed by atoms with E-state index in [1.165, 1.54) is 31.9 Å². The third-order valence-electron chi connectivity index (χ3n) is 4.17. The van der Waals surface area contributed by atoms with Crippen molar-refractivity contribution in [2.24, 2.45) is 0 Å². The van der Waals surface area contributed by atoms with Gasteiger partial charge in [-0.25, -0.2) is 12.7 Å². The van der Waals surface area contributed by atoms with Crippen LogP contribution in [-0.4, -0.2) is 43.3 Å². The molecule has 0 aliphatic heterocycles. The summed E-state index contributed by atoms with van der Waals surface area (Å²) in [6, 6.07) is 12.3. The molecule has 1 aromatic carbocycles. The van der Waals surface area contributed by atoms with Gasteiger partial charge in [0.15, 0.2) is 0 Å². The topological polar surface area (TPSA) is 88.5 Å². The number of carbonyl (C=O) groups is 1. The van der Waals surface area contributed by atoms with Gasteiger partial charge in [-0.1, -0.05) is 30.3 Å². The van der Waals surface area contributed by atoms with Crippen LogP contribution in [0.4, 0.5) is 0 Å². The van der Waals surface area contributed by atoms with E-state index < -0.39 is 15.6 Å². The van der Waals surface area contributed by atoms with Crippen molar-refractivity contribution >= 4 is 15.9 Å². The number of aromatic nitrogens is 1. The number of nitrogens with zero attached hydrogens (tertiary/aromatic N) is 2. The van der Waals surface area contributed by atoms with E-state index in [4.69, 9.17) is 0 Å². The van der Waals surface area contributed by atoms with Crippen LogP contribution in [0.1, 0.15) is 18.9 Å². The maximum Gasteiger partial charge on any atom is 0.251 e. The summed E-state index contributed by atoms with van der Waals surface area (Å²) >= 11 is 0. The summed E-state index contributed by atoms with van der Waals surface area (Å²) in [5.74, 6) is -0.336. The van der Waals surface area contributed by atoms with Gasteiger partial charge in [-0.2, -0.15) is 0 Å². The zero-order valence-corrected chi connectivity index (χ0v) is 16.6. The van der Waals surface area contributed by atoms with Crippen LogP contribution in [0.3, 0.4) is 0 Å². The highest BCUT2D eigenvalue weighted by Gasteiger charge is 2.19. The van der Waals surface area contributed by atoms with E-state index >= 15 is 0 Å². The summed E-state index contributed by atoms with van der Waals surface area (Å²) in [6.45, 7) is 1.67. The molecule has 0 aliphatic carbocycles. The van der Waals surface area contributed by atoms with Gasteiger partial charge in [0.05, 0.1) is 4.90 Å². The number of pyridine rings is 1. The molecule has 0 spiro atoms. The lowest BCUT2D eigenvalue weighted by atomic mass is 10.1. The van der Waals surface area contributed by atoms with Gasteiger partial charge in [-0.3, -0.25) is 9.59 Å². The third-order valence-corrected chi connectivity index (χ3v) is 5.96. The van der Waals surface area contributed by atoms with Crippen LogP contribution in [0.5, 0.6) is 0 Å². The predicted octanol–water partition coefficient (Wildman–Crippen LogP) is 1.24. The van der Waals surface area contributed by atoms with Crippen LogP contribution < -0.4 is 10.9 Å². The SMILES string of the molecule is C[C@H](CCc1ccccc1)NC(=O)Cn1cc(S(=O)(=O)N(C)C)ccc1=O. The van der Waals surface area contributed by atoms with Crippen molar-refractivity contribution < 1.29 is 13.2 Å². The molecule has 8 heteroatoms. The van der Waals surface area contributed by atoms with Crippen LogP contribution in [0.25, 0.3) is 0 Å². The molecule has 0 saturated carbocycles. The van der Waals surface area contributed by atoms with Crippen molar-refractivity contribution in [1.82, 2.24) is 14.2 Å². The Morgan fingerprint density at radius 1 is 1.15 bits per heavy atom.